The van der Waals surface area contributed by atoms with Crippen LogP contribution in [-0.2, 0) is 11.3 Å². The molecular formula is C14H20BrClN2O2. The summed E-state index contributed by atoms with van der Waals surface area (Å²) in [4.78, 5) is 12.0. The summed E-state index contributed by atoms with van der Waals surface area (Å²) in [5.41, 5.74) is 1.06. The van der Waals surface area contributed by atoms with Crippen molar-refractivity contribution in [1.82, 2.24) is 10.6 Å². The third kappa shape index (κ3) is 4.65. The van der Waals surface area contributed by atoms with Gasteiger partial charge in [0.25, 0.3) is 0 Å². The predicted octanol–water partition coefficient (Wildman–Crippen LogP) is 2.50. The van der Waals surface area contributed by atoms with Crippen LogP contribution >= 0.6 is 28.3 Å². The molecule has 6 heteroatoms. The van der Waals surface area contributed by atoms with Crippen molar-refractivity contribution >= 4 is 34.2 Å². The van der Waals surface area contributed by atoms with Crippen molar-refractivity contribution in [3.05, 3.63) is 28.2 Å². The van der Waals surface area contributed by atoms with Crippen LogP contribution in [0, 0.1) is 5.92 Å². The topological polar surface area (TPSA) is 50.4 Å². The average Bonchev–Trinajstić information content (AvgIpc) is 2.46. The Morgan fingerprint density at radius 1 is 1.55 bits per heavy atom. The van der Waals surface area contributed by atoms with E-state index in [0.29, 0.717) is 6.54 Å². The summed E-state index contributed by atoms with van der Waals surface area (Å²) < 4.78 is 6.08. The first-order chi connectivity index (χ1) is 9.20. The fourth-order valence-corrected chi connectivity index (χ4v) is 2.82. The van der Waals surface area contributed by atoms with Gasteiger partial charge in [0.2, 0.25) is 5.91 Å². The number of halogens is 2. The highest BCUT2D eigenvalue weighted by Gasteiger charge is 2.20. The van der Waals surface area contributed by atoms with Gasteiger partial charge < -0.3 is 15.4 Å². The van der Waals surface area contributed by atoms with Crippen LogP contribution in [0.1, 0.15) is 18.4 Å². The lowest BCUT2D eigenvalue weighted by atomic mass is 9.99. The molecule has 0 aromatic heterocycles. The molecule has 4 nitrogen and oxygen atoms in total. The van der Waals surface area contributed by atoms with E-state index in [9.17, 15) is 4.79 Å². The number of methoxy groups -OCH3 is 1. The number of ether oxygens (including phenoxy) is 1. The first-order valence-electron chi connectivity index (χ1n) is 6.51. The number of hydrogen-bond acceptors (Lipinski definition) is 3. The molecule has 0 saturated carbocycles. The van der Waals surface area contributed by atoms with E-state index in [1.54, 1.807) is 7.11 Å². The summed E-state index contributed by atoms with van der Waals surface area (Å²) >= 11 is 3.44. The second kappa shape index (κ2) is 8.49. The van der Waals surface area contributed by atoms with E-state index in [1.165, 1.54) is 0 Å². The van der Waals surface area contributed by atoms with Crippen molar-refractivity contribution in [2.24, 2.45) is 5.92 Å². The molecule has 0 bridgehead atoms. The molecule has 2 N–H and O–H groups in total. The molecule has 1 amide bonds. The van der Waals surface area contributed by atoms with Crippen LogP contribution in [0.5, 0.6) is 5.75 Å². The number of rotatable bonds is 4. The van der Waals surface area contributed by atoms with Gasteiger partial charge in [-0.25, -0.2) is 0 Å². The zero-order valence-electron chi connectivity index (χ0n) is 11.4. The highest BCUT2D eigenvalue weighted by atomic mass is 79.9. The first kappa shape index (κ1) is 17.3. The first-order valence-corrected chi connectivity index (χ1v) is 7.31. The molecule has 1 fully saturated rings. The van der Waals surface area contributed by atoms with Gasteiger partial charge in [0.15, 0.2) is 0 Å². The standard InChI is InChI=1S/C14H19BrN2O2.ClH/c1-19-13-5-4-10(7-12(13)15)8-17-14(18)11-3-2-6-16-9-11;/h4-5,7,11,16H,2-3,6,8-9H2,1H3,(H,17,18);1H. The van der Waals surface area contributed by atoms with Crippen molar-refractivity contribution < 1.29 is 9.53 Å². The summed E-state index contributed by atoms with van der Waals surface area (Å²) in [6.07, 6.45) is 2.05. The fourth-order valence-electron chi connectivity index (χ4n) is 2.23. The van der Waals surface area contributed by atoms with Crippen LogP contribution < -0.4 is 15.4 Å². The number of piperidine rings is 1. The molecule has 1 atom stereocenters. The van der Waals surface area contributed by atoms with Crippen molar-refractivity contribution in [2.45, 2.75) is 19.4 Å². The minimum atomic E-state index is 0. The zero-order valence-corrected chi connectivity index (χ0v) is 13.9. The van der Waals surface area contributed by atoms with Gasteiger partial charge in [0.05, 0.1) is 17.5 Å². The second-order valence-corrected chi connectivity index (χ2v) is 5.58. The van der Waals surface area contributed by atoms with Crippen LogP contribution in [0.3, 0.4) is 0 Å². The Morgan fingerprint density at radius 3 is 2.95 bits per heavy atom. The van der Waals surface area contributed by atoms with Gasteiger partial charge >= 0.3 is 0 Å². The van der Waals surface area contributed by atoms with Gasteiger partial charge in [0, 0.05) is 13.1 Å². The Labute approximate surface area is 134 Å². The highest BCUT2D eigenvalue weighted by molar-refractivity contribution is 9.10. The second-order valence-electron chi connectivity index (χ2n) is 4.73. The minimum Gasteiger partial charge on any atom is -0.496 e. The maximum atomic E-state index is 12.0. The summed E-state index contributed by atoms with van der Waals surface area (Å²) in [7, 11) is 1.64. The van der Waals surface area contributed by atoms with E-state index < -0.39 is 0 Å². The monoisotopic (exact) mass is 362 g/mol. The molecule has 1 heterocycles. The summed E-state index contributed by atoms with van der Waals surface area (Å²) in [5, 5.41) is 6.25. The van der Waals surface area contributed by atoms with Crippen LogP contribution in [0.15, 0.2) is 22.7 Å². The Morgan fingerprint density at radius 2 is 2.35 bits per heavy atom. The maximum absolute atomic E-state index is 12.0. The van der Waals surface area contributed by atoms with E-state index in [-0.39, 0.29) is 24.2 Å². The molecule has 1 aliphatic heterocycles. The van der Waals surface area contributed by atoms with E-state index in [0.717, 1.165) is 41.7 Å². The Hall–Kier alpha value is -0.780. The van der Waals surface area contributed by atoms with Crippen molar-refractivity contribution in [3.63, 3.8) is 0 Å². The summed E-state index contributed by atoms with van der Waals surface area (Å²) in [5.74, 6) is 1.04. The number of nitrogens with one attached hydrogen (secondary N) is 2. The summed E-state index contributed by atoms with van der Waals surface area (Å²) in [6.45, 7) is 2.37. The van der Waals surface area contributed by atoms with Crippen LogP contribution in [0.2, 0.25) is 0 Å². The molecule has 20 heavy (non-hydrogen) atoms. The molecule has 1 aromatic carbocycles. The Bertz CT molecular complexity index is 451. The van der Waals surface area contributed by atoms with Gasteiger partial charge in [-0.05, 0) is 53.0 Å². The van der Waals surface area contributed by atoms with Crippen LogP contribution in [-0.4, -0.2) is 26.1 Å². The molecule has 1 saturated heterocycles. The van der Waals surface area contributed by atoms with Crippen molar-refractivity contribution in [2.75, 3.05) is 20.2 Å². The number of carbonyl (C=O) groups excluding carboxylic acids is 1. The fraction of sp³-hybridized carbons (Fsp3) is 0.500. The normalized spacial score (nSPS) is 18.0. The third-order valence-corrected chi connectivity index (χ3v) is 3.97. The molecular weight excluding hydrogens is 344 g/mol. The molecule has 0 aliphatic carbocycles. The van der Waals surface area contributed by atoms with Gasteiger partial charge in [-0.3, -0.25) is 4.79 Å². The molecule has 1 aliphatic rings. The smallest absolute Gasteiger partial charge is 0.224 e. The number of benzene rings is 1. The molecule has 112 valence electrons. The quantitative estimate of drug-likeness (QED) is 0.864. The average molecular weight is 364 g/mol. The Kier molecular flexibility index (Phi) is 7.34. The van der Waals surface area contributed by atoms with E-state index >= 15 is 0 Å². The van der Waals surface area contributed by atoms with Gasteiger partial charge in [-0.1, -0.05) is 6.07 Å². The highest BCUT2D eigenvalue weighted by Crippen LogP contribution is 2.25. The zero-order chi connectivity index (χ0) is 13.7. The number of carbonyl (C=O) groups is 1. The van der Waals surface area contributed by atoms with Gasteiger partial charge in [-0.15, -0.1) is 12.4 Å². The molecule has 2 rings (SSSR count). The summed E-state index contributed by atoms with van der Waals surface area (Å²) in [6, 6.07) is 5.83. The number of amides is 1. The maximum Gasteiger partial charge on any atom is 0.224 e. The van der Waals surface area contributed by atoms with E-state index in [2.05, 4.69) is 26.6 Å². The SMILES string of the molecule is COc1ccc(CNC(=O)C2CCCNC2)cc1Br.Cl. The molecule has 0 radical (unpaired) electrons. The lowest BCUT2D eigenvalue weighted by Gasteiger charge is -2.21. The molecule has 1 aromatic rings. The lowest BCUT2D eigenvalue weighted by Crippen LogP contribution is -2.40. The molecule has 1 unspecified atom stereocenters. The van der Waals surface area contributed by atoms with Crippen LogP contribution in [0.4, 0.5) is 0 Å². The molecule has 0 spiro atoms. The third-order valence-electron chi connectivity index (χ3n) is 3.35. The van der Waals surface area contributed by atoms with Gasteiger partial charge in [0.1, 0.15) is 5.75 Å². The Balaban J connectivity index is 0.00000200. The largest absolute Gasteiger partial charge is 0.496 e. The number of hydrogen-bond donors (Lipinski definition) is 2. The van der Waals surface area contributed by atoms with Gasteiger partial charge in [-0.2, -0.15) is 0 Å². The minimum absolute atomic E-state index is 0. The predicted molar refractivity (Wildman–Crippen MR) is 85.4 cm³/mol. The van der Waals surface area contributed by atoms with E-state index in [4.69, 9.17) is 4.74 Å². The van der Waals surface area contributed by atoms with Crippen LogP contribution in [0.25, 0.3) is 0 Å². The van der Waals surface area contributed by atoms with Crippen molar-refractivity contribution in [1.29, 1.82) is 0 Å². The van der Waals surface area contributed by atoms with E-state index in [1.807, 2.05) is 18.2 Å². The van der Waals surface area contributed by atoms with Crippen molar-refractivity contribution in [3.8, 4) is 5.75 Å². The lowest BCUT2D eigenvalue weighted by molar-refractivity contribution is -0.125.